The predicted octanol–water partition coefficient (Wildman–Crippen LogP) is 4.48. The van der Waals surface area contributed by atoms with Gasteiger partial charge in [-0.15, -0.1) is 23.7 Å². The summed E-state index contributed by atoms with van der Waals surface area (Å²) < 4.78 is 27.8. The zero-order valence-corrected chi connectivity index (χ0v) is 17.0. The minimum absolute atomic E-state index is 0. The summed E-state index contributed by atoms with van der Waals surface area (Å²) in [6.45, 7) is 7.54. The number of aryl methyl sites for hydroxylation is 1. The van der Waals surface area contributed by atoms with Crippen molar-refractivity contribution < 1.29 is 8.42 Å². The van der Waals surface area contributed by atoms with Crippen LogP contribution in [0.15, 0.2) is 40.6 Å². The second kappa shape index (κ2) is 8.54. The van der Waals surface area contributed by atoms with E-state index in [2.05, 4.69) is 28.7 Å². The number of anilines is 1. The van der Waals surface area contributed by atoms with E-state index in [1.807, 2.05) is 25.1 Å². The second-order valence-electron chi connectivity index (χ2n) is 6.38. The van der Waals surface area contributed by atoms with E-state index in [0.29, 0.717) is 15.8 Å². The van der Waals surface area contributed by atoms with Crippen molar-refractivity contribution in [1.82, 2.24) is 4.90 Å². The summed E-state index contributed by atoms with van der Waals surface area (Å²) in [6, 6.07) is 11.3. The number of thiophene rings is 1. The van der Waals surface area contributed by atoms with Crippen LogP contribution in [0.4, 0.5) is 5.69 Å². The maximum atomic E-state index is 12.4. The Bertz CT molecular complexity index is 788. The van der Waals surface area contributed by atoms with Gasteiger partial charge in [0.15, 0.2) is 0 Å². The minimum Gasteiger partial charge on any atom is -0.303 e. The third-order valence-corrected chi connectivity index (χ3v) is 7.30. The smallest absolute Gasteiger partial charge is 0.271 e. The molecule has 7 heteroatoms. The van der Waals surface area contributed by atoms with Crippen molar-refractivity contribution in [3.63, 3.8) is 0 Å². The number of nitrogens with zero attached hydrogens (tertiary/aromatic N) is 1. The number of benzene rings is 1. The van der Waals surface area contributed by atoms with Gasteiger partial charge < -0.3 is 4.90 Å². The van der Waals surface area contributed by atoms with Crippen molar-refractivity contribution in [2.45, 2.75) is 36.8 Å². The first kappa shape index (κ1) is 20.2. The highest BCUT2D eigenvalue weighted by Crippen LogP contribution is 2.29. The number of hydrogen-bond donors (Lipinski definition) is 1. The first-order chi connectivity index (χ1) is 11.5. The van der Waals surface area contributed by atoms with E-state index >= 15 is 0 Å². The second-order valence-corrected chi connectivity index (χ2v) is 9.58. The van der Waals surface area contributed by atoms with Crippen molar-refractivity contribution in [3.05, 3.63) is 46.8 Å². The van der Waals surface area contributed by atoms with Gasteiger partial charge in [0.2, 0.25) is 0 Å². The molecule has 25 heavy (non-hydrogen) atoms. The summed E-state index contributed by atoms with van der Waals surface area (Å²) in [4.78, 5) is 3.49. The highest BCUT2D eigenvalue weighted by Gasteiger charge is 2.23. The van der Waals surface area contributed by atoms with Crippen LogP contribution in [-0.2, 0) is 10.0 Å². The number of rotatable bonds is 6. The van der Waals surface area contributed by atoms with E-state index in [4.69, 9.17) is 0 Å². The predicted molar refractivity (Wildman–Crippen MR) is 108 cm³/mol. The Morgan fingerprint density at radius 3 is 2.52 bits per heavy atom. The largest absolute Gasteiger partial charge is 0.303 e. The third-order valence-electron chi connectivity index (χ3n) is 4.43. The topological polar surface area (TPSA) is 49.4 Å². The lowest BCUT2D eigenvalue weighted by Crippen LogP contribution is -2.20. The summed E-state index contributed by atoms with van der Waals surface area (Å²) in [6.07, 6.45) is 2.37. The lowest BCUT2D eigenvalue weighted by atomic mass is 9.98. The molecule has 0 amide bonds. The quantitative estimate of drug-likeness (QED) is 0.777. The van der Waals surface area contributed by atoms with E-state index in [9.17, 15) is 8.42 Å². The fourth-order valence-corrected chi connectivity index (χ4v) is 5.55. The Hall–Kier alpha value is -1.08. The fourth-order valence-electron chi connectivity index (χ4n) is 3.21. The Morgan fingerprint density at radius 2 is 1.92 bits per heavy atom. The van der Waals surface area contributed by atoms with Crippen molar-refractivity contribution >= 4 is 39.5 Å². The molecule has 3 rings (SSSR count). The van der Waals surface area contributed by atoms with Crippen molar-refractivity contribution in [3.8, 4) is 0 Å². The molecule has 1 atom stereocenters. The van der Waals surface area contributed by atoms with Crippen LogP contribution in [0.1, 0.15) is 36.1 Å². The molecule has 2 heterocycles. The van der Waals surface area contributed by atoms with Crippen LogP contribution < -0.4 is 4.72 Å². The van der Waals surface area contributed by atoms with E-state index in [1.54, 1.807) is 6.07 Å². The molecule has 1 fully saturated rings. The maximum Gasteiger partial charge on any atom is 0.271 e. The van der Waals surface area contributed by atoms with Gasteiger partial charge in [0.25, 0.3) is 10.0 Å². The van der Waals surface area contributed by atoms with Crippen LogP contribution in [-0.4, -0.2) is 33.0 Å². The average molecular weight is 401 g/mol. The zero-order valence-electron chi connectivity index (χ0n) is 14.6. The molecule has 1 saturated heterocycles. The molecular formula is C18H25ClN2O2S2. The lowest BCUT2D eigenvalue weighted by molar-refractivity contribution is 0.335. The number of nitrogens with one attached hydrogen (secondary N) is 1. The average Bonchev–Trinajstić information content (AvgIpc) is 3.18. The molecule has 0 saturated carbocycles. The fraction of sp³-hybridized carbons (Fsp3) is 0.444. The molecule has 2 aromatic rings. The minimum atomic E-state index is -3.48. The van der Waals surface area contributed by atoms with E-state index < -0.39 is 10.0 Å². The van der Waals surface area contributed by atoms with Gasteiger partial charge in [0, 0.05) is 17.1 Å². The normalized spacial score (nSPS) is 18.1. The number of hydrogen-bond acceptors (Lipinski definition) is 4. The maximum absolute atomic E-state index is 12.4. The molecule has 1 aromatic heterocycles. The summed E-state index contributed by atoms with van der Waals surface area (Å²) in [5.74, 6) is 0.558. The summed E-state index contributed by atoms with van der Waals surface area (Å²) in [7, 11) is -3.48. The van der Waals surface area contributed by atoms with Crippen molar-refractivity contribution in [2.24, 2.45) is 0 Å². The van der Waals surface area contributed by atoms with Crippen LogP contribution in [0.3, 0.4) is 0 Å². The summed E-state index contributed by atoms with van der Waals surface area (Å²) >= 11 is 1.29. The molecule has 0 bridgehead atoms. The van der Waals surface area contributed by atoms with Gasteiger partial charge >= 0.3 is 0 Å². The van der Waals surface area contributed by atoms with Crippen LogP contribution in [0.2, 0.25) is 0 Å². The van der Waals surface area contributed by atoms with Gasteiger partial charge in [-0.05, 0) is 68.6 Å². The standard InChI is InChI=1S/C18H24N2O2S2.ClH/c1-3-11-20-12-10-16(13-20)15-5-7-17(8-6-15)19-24(21,22)18-9-4-14(2)23-18;/h4-9,16,19H,3,10-13H2,1-2H3;1H/t16-;/m1./s1. The highest BCUT2D eigenvalue weighted by atomic mass is 35.5. The zero-order chi connectivity index (χ0) is 17.2. The molecule has 0 spiro atoms. The molecule has 1 aliphatic rings. The molecular weight excluding hydrogens is 376 g/mol. The van der Waals surface area contributed by atoms with Crippen LogP contribution in [0, 0.1) is 6.92 Å². The van der Waals surface area contributed by atoms with Crippen molar-refractivity contribution in [2.75, 3.05) is 24.4 Å². The van der Waals surface area contributed by atoms with Gasteiger partial charge in [-0.2, -0.15) is 0 Å². The summed E-state index contributed by atoms with van der Waals surface area (Å²) in [5, 5.41) is 0. The van der Waals surface area contributed by atoms with Gasteiger partial charge in [0.1, 0.15) is 4.21 Å². The van der Waals surface area contributed by atoms with Gasteiger partial charge in [0.05, 0.1) is 0 Å². The Kier molecular flexibility index (Phi) is 6.91. The molecule has 4 nitrogen and oxygen atoms in total. The van der Waals surface area contributed by atoms with Crippen LogP contribution in [0.5, 0.6) is 0 Å². The number of sulfonamides is 1. The molecule has 0 radical (unpaired) electrons. The number of likely N-dealkylation sites (tertiary alicyclic amines) is 1. The van der Waals surface area contributed by atoms with Gasteiger partial charge in [-0.1, -0.05) is 19.1 Å². The van der Waals surface area contributed by atoms with Crippen LogP contribution >= 0.6 is 23.7 Å². The van der Waals surface area contributed by atoms with Gasteiger partial charge in [-0.25, -0.2) is 8.42 Å². The first-order valence-electron chi connectivity index (χ1n) is 8.39. The monoisotopic (exact) mass is 400 g/mol. The Balaban J connectivity index is 0.00000225. The SMILES string of the molecule is CCCN1CC[C@@H](c2ccc(NS(=O)(=O)c3ccc(C)s3)cc2)C1.Cl. The van der Waals surface area contributed by atoms with E-state index in [0.717, 1.165) is 24.5 Å². The van der Waals surface area contributed by atoms with E-state index in [-0.39, 0.29) is 12.4 Å². The van der Waals surface area contributed by atoms with Crippen molar-refractivity contribution in [1.29, 1.82) is 0 Å². The molecule has 1 N–H and O–H groups in total. The Labute approximate surface area is 160 Å². The molecule has 0 aliphatic carbocycles. The summed E-state index contributed by atoms with van der Waals surface area (Å²) in [5.41, 5.74) is 1.91. The molecule has 1 aliphatic heterocycles. The van der Waals surface area contributed by atoms with Crippen LogP contribution in [0.25, 0.3) is 0 Å². The third kappa shape index (κ3) is 4.97. The van der Waals surface area contributed by atoms with Gasteiger partial charge in [-0.3, -0.25) is 4.72 Å². The molecule has 1 aromatic carbocycles. The molecule has 0 unspecified atom stereocenters. The van der Waals surface area contributed by atoms with E-state index in [1.165, 1.54) is 29.7 Å². The highest BCUT2D eigenvalue weighted by molar-refractivity contribution is 7.94. The Morgan fingerprint density at radius 1 is 1.20 bits per heavy atom. The number of halogens is 1. The lowest BCUT2D eigenvalue weighted by Gasteiger charge is -2.15. The molecule has 138 valence electrons. The first-order valence-corrected chi connectivity index (χ1v) is 10.7.